The summed E-state index contributed by atoms with van der Waals surface area (Å²) in [5.74, 6) is 1.03. The van der Waals surface area contributed by atoms with Crippen LogP contribution in [0.2, 0.25) is 0 Å². The fourth-order valence-electron chi connectivity index (χ4n) is 3.84. The van der Waals surface area contributed by atoms with E-state index in [1.807, 2.05) is 24.3 Å². The van der Waals surface area contributed by atoms with Crippen molar-refractivity contribution in [2.45, 2.75) is 38.3 Å². The van der Waals surface area contributed by atoms with Gasteiger partial charge in [0.1, 0.15) is 6.61 Å². The third kappa shape index (κ3) is 4.50. The SMILES string of the molecule is COc1cc(C(=O)NCc2cccc(N3CCOC3=O)c2)ccc1OC1CCCC1. The predicted octanol–water partition coefficient (Wildman–Crippen LogP) is 3.90. The van der Waals surface area contributed by atoms with E-state index in [0.29, 0.717) is 36.8 Å². The molecule has 0 unspecified atom stereocenters. The van der Waals surface area contributed by atoms with Gasteiger partial charge in [0.2, 0.25) is 0 Å². The Labute approximate surface area is 175 Å². The molecule has 0 aromatic heterocycles. The molecule has 0 radical (unpaired) electrons. The second-order valence-electron chi connectivity index (χ2n) is 7.51. The summed E-state index contributed by atoms with van der Waals surface area (Å²) in [6.45, 7) is 1.27. The Balaban J connectivity index is 1.39. The van der Waals surface area contributed by atoms with Crippen LogP contribution >= 0.6 is 0 Å². The highest BCUT2D eigenvalue weighted by molar-refractivity contribution is 5.95. The summed E-state index contributed by atoms with van der Waals surface area (Å²) in [6.07, 6.45) is 4.36. The number of hydrogen-bond donors (Lipinski definition) is 1. The van der Waals surface area contributed by atoms with Crippen LogP contribution in [0.15, 0.2) is 42.5 Å². The fraction of sp³-hybridized carbons (Fsp3) is 0.391. The van der Waals surface area contributed by atoms with Crippen molar-refractivity contribution in [3.63, 3.8) is 0 Å². The molecule has 158 valence electrons. The number of nitrogens with zero attached hydrogens (tertiary/aromatic N) is 1. The summed E-state index contributed by atoms with van der Waals surface area (Å²) < 4.78 is 16.5. The monoisotopic (exact) mass is 410 g/mol. The number of nitrogens with one attached hydrogen (secondary N) is 1. The molecule has 1 aliphatic carbocycles. The topological polar surface area (TPSA) is 77.1 Å². The van der Waals surface area contributed by atoms with Crippen LogP contribution in [0.1, 0.15) is 41.6 Å². The molecule has 1 saturated carbocycles. The Morgan fingerprint density at radius 1 is 1.17 bits per heavy atom. The van der Waals surface area contributed by atoms with Gasteiger partial charge in [0.15, 0.2) is 11.5 Å². The largest absolute Gasteiger partial charge is 0.493 e. The van der Waals surface area contributed by atoms with Crippen molar-refractivity contribution in [3.05, 3.63) is 53.6 Å². The number of cyclic esters (lactones) is 1. The lowest BCUT2D eigenvalue weighted by atomic mass is 10.1. The van der Waals surface area contributed by atoms with Crippen LogP contribution in [-0.2, 0) is 11.3 Å². The number of amides is 2. The third-order valence-corrected chi connectivity index (χ3v) is 5.46. The van der Waals surface area contributed by atoms with Crippen LogP contribution in [0, 0.1) is 0 Å². The van der Waals surface area contributed by atoms with Gasteiger partial charge in [0.25, 0.3) is 5.91 Å². The van der Waals surface area contributed by atoms with Crippen molar-refractivity contribution in [3.8, 4) is 11.5 Å². The van der Waals surface area contributed by atoms with Crippen molar-refractivity contribution in [1.29, 1.82) is 0 Å². The zero-order chi connectivity index (χ0) is 20.9. The van der Waals surface area contributed by atoms with E-state index in [4.69, 9.17) is 14.2 Å². The van der Waals surface area contributed by atoms with Gasteiger partial charge in [-0.3, -0.25) is 9.69 Å². The van der Waals surface area contributed by atoms with Gasteiger partial charge in [-0.2, -0.15) is 0 Å². The molecule has 2 aromatic rings. The summed E-state index contributed by atoms with van der Waals surface area (Å²) in [5.41, 5.74) is 2.16. The van der Waals surface area contributed by atoms with Crippen LogP contribution in [0.3, 0.4) is 0 Å². The molecule has 0 spiro atoms. The Kier molecular flexibility index (Phi) is 6.07. The van der Waals surface area contributed by atoms with Crippen LogP contribution in [0.4, 0.5) is 10.5 Å². The van der Waals surface area contributed by atoms with Crippen LogP contribution < -0.4 is 19.7 Å². The molecular weight excluding hydrogens is 384 g/mol. The van der Waals surface area contributed by atoms with E-state index in [9.17, 15) is 9.59 Å². The molecule has 1 heterocycles. The summed E-state index contributed by atoms with van der Waals surface area (Å²) in [4.78, 5) is 26.0. The minimum Gasteiger partial charge on any atom is -0.493 e. The zero-order valence-corrected chi connectivity index (χ0v) is 17.1. The van der Waals surface area contributed by atoms with Gasteiger partial charge in [0, 0.05) is 17.8 Å². The van der Waals surface area contributed by atoms with Gasteiger partial charge < -0.3 is 19.5 Å². The second kappa shape index (κ2) is 9.07. The van der Waals surface area contributed by atoms with Crippen molar-refractivity contribution in [2.24, 2.45) is 0 Å². The molecule has 7 nitrogen and oxygen atoms in total. The summed E-state index contributed by atoms with van der Waals surface area (Å²) in [5, 5.41) is 2.92. The third-order valence-electron chi connectivity index (χ3n) is 5.46. The molecule has 2 fully saturated rings. The quantitative estimate of drug-likeness (QED) is 0.749. The smallest absolute Gasteiger partial charge is 0.414 e. The highest BCUT2D eigenvalue weighted by Gasteiger charge is 2.23. The van der Waals surface area contributed by atoms with Gasteiger partial charge in [0.05, 0.1) is 19.8 Å². The number of rotatable bonds is 7. The van der Waals surface area contributed by atoms with E-state index < -0.39 is 0 Å². The fourth-order valence-corrected chi connectivity index (χ4v) is 3.84. The Bertz CT molecular complexity index is 924. The highest BCUT2D eigenvalue weighted by Crippen LogP contribution is 2.32. The molecule has 0 bridgehead atoms. The van der Waals surface area contributed by atoms with Crippen LogP contribution in [-0.4, -0.2) is 38.4 Å². The number of anilines is 1. The first-order chi connectivity index (χ1) is 14.6. The van der Waals surface area contributed by atoms with E-state index in [1.165, 1.54) is 12.8 Å². The average Bonchev–Trinajstić information content (AvgIpc) is 3.44. The number of carbonyl (C=O) groups excluding carboxylic acids is 2. The van der Waals surface area contributed by atoms with E-state index in [1.54, 1.807) is 30.2 Å². The van der Waals surface area contributed by atoms with Crippen molar-refractivity contribution < 1.29 is 23.8 Å². The second-order valence-corrected chi connectivity index (χ2v) is 7.51. The van der Waals surface area contributed by atoms with Crippen molar-refractivity contribution >= 4 is 17.7 Å². The predicted molar refractivity (Wildman–Crippen MR) is 112 cm³/mol. The molecule has 1 saturated heterocycles. The summed E-state index contributed by atoms with van der Waals surface area (Å²) in [7, 11) is 1.58. The summed E-state index contributed by atoms with van der Waals surface area (Å²) >= 11 is 0. The number of methoxy groups -OCH3 is 1. The van der Waals surface area contributed by atoms with Gasteiger partial charge in [-0.1, -0.05) is 12.1 Å². The molecule has 1 N–H and O–H groups in total. The maximum Gasteiger partial charge on any atom is 0.414 e. The maximum absolute atomic E-state index is 12.6. The number of ether oxygens (including phenoxy) is 3. The van der Waals surface area contributed by atoms with E-state index in [0.717, 1.165) is 24.1 Å². The van der Waals surface area contributed by atoms with E-state index in [-0.39, 0.29) is 18.1 Å². The van der Waals surface area contributed by atoms with E-state index in [2.05, 4.69) is 5.32 Å². The van der Waals surface area contributed by atoms with Gasteiger partial charge >= 0.3 is 6.09 Å². The first kappa shape index (κ1) is 20.1. The number of carbonyl (C=O) groups is 2. The molecular formula is C23H26N2O5. The Morgan fingerprint density at radius 2 is 2.00 bits per heavy atom. The normalized spacial score (nSPS) is 16.4. The van der Waals surface area contributed by atoms with Crippen molar-refractivity contribution in [2.75, 3.05) is 25.2 Å². The molecule has 2 aromatic carbocycles. The zero-order valence-electron chi connectivity index (χ0n) is 17.1. The summed E-state index contributed by atoms with van der Waals surface area (Å²) in [6, 6.07) is 12.8. The lowest BCUT2D eigenvalue weighted by molar-refractivity contribution is 0.0950. The minimum absolute atomic E-state index is 0.202. The lowest BCUT2D eigenvalue weighted by Gasteiger charge is -2.17. The molecule has 7 heteroatoms. The average molecular weight is 410 g/mol. The molecule has 1 aliphatic heterocycles. The molecule has 2 aliphatic rings. The number of hydrogen-bond acceptors (Lipinski definition) is 5. The Hall–Kier alpha value is -3.22. The van der Waals surface area contributed by atoms with E-state index >= 15 is 0 Å². The van der Waals surface area contributed by atoms with Crippen LogP contribution in [0.5, 0.6) is 11.5 Å². The van der Waals surface area contributed by atoms with Gasteiger partial charge in [-0.15, -0.1) is 0 Å². The molecule has 4 rings (SSSR count). The molecule has 30 heavy (non-hydrogen) atoms. The maximum atomic E-state index is 12.6. The first-order valence-corrected chi connectivity index (χ1v) is 10.3. The lowest BCUT2D eigenvalue weighted by Crippen LogP contribution is -2.25. The van der Waals surface area contributed by atoms with Gasteiger partial charge in [-0.05, 0) is 61.6 Å². The van der Waals surface area contributed by atoms with Gasteiger partial charge in [-0.25, -0.2) is 4.79 Å². The van der Waals surface area contributed by atoms with Crippen molar-refractivity contribution in [1.82, 2.24) is 5.32 Å². The minimum atomic E-state index is -0.344. The highest BCUT2D eigenvalue weighted by atomic mass is 16.6. The van der Waals surface area contributed by atoms with Crippen LogP contribution in [0.25, 0.3) is 0 Å². The standard InChI is InChI=1S/C23H26N2O5/c1-28-21-14-17(9-10-20(21)30-19-7-2-3-8-19)22(26)24-15-16-5-4-6-18(13-16)25-11-12-29-23(25)27/h4-6,9-10,13-14,19H,2-3,7-8,11-12,15H2,1H3,(H,24,26). The number of benzene rings is 2. The first-order valence-electron chi connectivity index (χ1n) is 10.3. The Morgan fingerprint density at radius 3 is 2.73 bits per heavy atom. The molecule has 0 atom stereocenters. The molecule has 2 amide bonds.